The van der Waals surface area contributed by atoms with Crippen LogP contribution in [0.1, 0.15) is 25.0 Å². The highest BCUT2D eigenvalue weighted by Crippen LogP contribution is 2.39. The van der Waals surface area contributed by atoms with Crippen LogP contribution in [-0.2, 0) is 31.9 Å². The molecule has 0 atom stereocenters. The minimum absolute atomic E-state index is 0.261. The lowest BCUT2D eigenvalue weighted by atomic mass is 9.84. The summed E-state index contributed by atoms with van der Waals surface area (Å²) < 4.78 is 10.7. The molecule has 150 valence electrons. The van der Waals surface area contributed by atoms with Crippen LogP contribution in [0.15, 0.2) is 12.1 Å². The quantitative estimate of drug-likeness (QED) is 0.414. The van der Waals surface area contributed by atoms with Gasteiger partial charge in [0.1, 0.15) is 0 Å². The molecule has 6 heteroatoms. The van der Waals surface area contributed by atoms with Crippen LogP contribution in [0, 0.1) is 5.41 Å². The molecule has 1 aromatic carbocycles. The second-order valence-electron chi connectivity index (χ2n) is 9.50. The number of benzene rings is 1. The van der Waals surface area contributed by atoms with Gasteiger partial charge in [0.05, 0.1) is 29.4 Å². The molecule has 0 fully saturated rings. The molecule has 0 bridgehead atoms. The van der Waals surface area contributed by atoms with Crippen LogP contribution >= 0.6 is 0 Å². The van der Waals surface area contributed by atoms with Gasteiger partial charge in [-0.3, -0.25) is 9.59 Å². The third-order valence-corrected chi connectivity index (χ3v) is 9.62. The summed E-state index contributed by atoms with van der Waals surface area (Å²) in [7, 11) is -3.24. The van der Waals surface area contributed by atoms with Crippen molar-refractivity contribution >= 4 is 38.5 Å². The monoisotopic (exact) mass is 406 g/mol. The fourth-order valence-electron chi connectivity index (χ4n) is 4.14. The number of carbonyl (C=O) groups is 2. The number of carbonyl (C=O) groups excluding carboxylic acids is 2. The van der Waals surface area contributed by atoms with E-state index in [1.54, 1.807) is 13.8 Å². The standard InChI is InChI=1S/C21H34O4Si2/c1-9-24-19(22)21(20(23)25-10-2)13-15-11-12-17(26(3,4)5)18(16(15)14-21)27(6,7)8/h11-12H,9-10,13-14H2,1-8H3. The van der Waals surface area contributed by atoms with Crippen molar-refractivity contribution in [2.75, 3.05) is 13.2 Å². The SMILES string of the molecule is CCOC(=O)C1(C(=O)OCC)Cc2ccc([Si](C)(C)C)c([Si](C)(C)C)c2C1. The smallest absolute Gasteiger partial charge is 0.324 e. The number of hydrogen-bond donors (Lipinski definition) is 0. The average Bonchev–Trinajstić information content (AvgIpc) is 2.93. The molecular weight excluding hydrogens is 372 g/mol. The molecule has 0 unspecified atom stereocenters. The van der Waals surface area contributed by atoms with E-state index in [4.69, 9.17) is 9.47 Å². The largest absolute Gasteiger partial charge is 0.465 e. The molecule has 1 aliphatic carbocycles. The zero-order chi connectivity index (χ0) is 20.6. The Hall–Kier alpha value is -1.41. The summed E-state index contributed by atoms with van der Waals surface area (Å²) in [5.74, 6) is -0.897. The molecule has 0 heterocycles. The highest BCUT2D eigenvalue weighted by Gasteiger charge is 2.54. The van der Waals surface area contributed by atoms with Crippen molar-refractivity contribution in [1.82, 2.24) is 0 Å². The third kappa shape index (κ3) is 4.06. The summed E-state index contributed by atoms with van der Waals surface area (Å²) in [6, 6.07) is 4.39. The number of esters is 2. The molecule has 0 spiro atoms. The Morgan fingerprint density at radius 1 is 0.889 bits per heavy atom. The topological polar surface area (TPSA) is 52.6 Å². The summed E-state index contributed by atoms with van der Waals surface area (Å²) in [6.45, 7) is 18.2. The fraction of sp³-hybridized carbons (Fsp3) is 0.619. The molecule has 0 aromatic heterocycles. The predicted octanol–water partition coefficient (Wildman–Crippen LogP) is 2.99. The molecule has 1 aromatic rings. The predicted molar refractivity (Wildman–Crippen MR) is 116 cm³/mol. The van der Waals surface area contributed by atoms with E-state index in [-0.39, 0.29) is 13.2 Å². The van der Waals surface area contributed by atoms with Crippen molar-refractivity contribution in [2.45, 2.75) is 66.0 Å². The van der Waals surface area contributed by atoms with Gasteiger partial charge in [-0.2, -0.15) is 0 Å². The highest BCUT2D eigenvalue weighted by molar-refractivity contribution is 6.98. The number of ether oxygens (including phenoxy) is 2. The first-order chi connectivity index (χ1) is 12.4. The fourth-order valence-corrected chi connectivity index (χ4v) is 9.92. The molecule has 4 nitrogen and oxygen atoms in total. The molecule has 0 saturated heterocycles. The Labute approximate surface area is 165 Å². The van der Waals surface area contributed by atoms with Gasteiger partial charge in [0, 0.05) is 0 Å². The Balaban J connectivity index is 2.67. The Morgan fingerprint density at radius 2 is 1.41 bits per heavy atom. The maximum atomic E-state index is 12.9. The maximum Gasteiger partial charge on any atom is 0.324 e. The lowest BCUT2D eigenvalue weighted by Crippen LogP contribution is -2.58. The average molecular weight is 407 g/mol. The Morgan fingerprint density at radius 3 is 1.81 bits per heavy atom. The van der Waals surface area contributed by atoms with Crippen LogP contribution in [0.3, 0.4) is 0 Å². The van der Waals surface area contributed by atoms with E-state index in [0.29, 0.717) is 12.8 Å². The van der Waals surface area contributed by atoms with Gasteiger partial charge in [-0.1, -0.05) is 61.8 Å². The summed E-state index contributed by atoms with van der Waals surface area (Å²) in [5, 5.41) is 2.90. The van der Waals surface area contributed by atoms with E-state index in [0.717, 1.165) is 5.56 Å². The normalized spacial score (nSPS) is 16.0. The second kappa shape index (κ2) is 7.55. The van der Waals surface area contributed by atoms with Gasteiger partial charge in [0.2, 0.25) is 0 Å². The van der Waals surface area contributed by atoms with E-state index in [1.165, 1.54) is 15.9 Å². The van der Waals surface area contributed by atoms with E-state index >= 15 is 0 Å². The van der Waals surface area contributed by atoms with E-state index in [2.05, 4.69) is 51.4 Å². The van der Waals surface area contributed by atoms with E-state index in [1.807, 2.05) is 0 Å². The molecule has 0 amide bonds. The molecular formula is C21H34O4Si2. The lowest BCUT2D eigenvalue weighted by molar-refractivity contribution is -0.171. The first kappa shape index (κ1) is 21.9. The first-order valence-corrected chi connectivity index (χ1v) is 16.9. The summed E-state index contributed by atoms with van der Waals surface area (Å²) in [6.07, 6.45) is 0.779. The van der Waals surface area contributed by atoms with Crippen molar-refractivity contribution < 1.29 is 19.1 Å². The van der Waals surface area contributed by atoms with Crippen LogP contribution in [0.25, 0.3) is 0 Å². The van der Waals surface area contributed by atoms with Crippen molar-refractivity contribution in [3.63, 3.8) is 0 Å². The van der Waals surface area contributed by atoms with Gasteiger partial charge < -0.3 is 9.47 Å². The van der Waals surface area contributed by atoms with Crippen LogP contribution in [-0.4, -0.2) is 41.3 Å². The van der Waals surface area contributed by atoms with Gasteiger partial charge in [0.15, 0.2) is 5.41 Å². The summed E-state index contributed by atoms with van der Waals surface area (Å²) in [4.78, 5) is 25.8. The van der Waals surface area contributed by atoms with Gasteiger partial charge in [0.25, 0.3) is 0 Å². The molecule has 2 rings (SSSR count). The van der Waals surface area contributed by atoms with Gasteiger partial charge in [-0.05, 0) is 37.8 Å². The number of hydrogen-bond acceptors (Lipinski definition) is 4. The van der Waals surface area contributed by atoms with E-state index < -0.39 is 33.5 Å². The first-order valence-electron chi connectivity index (χ1n) is 9.88. The number of rotatable bonds is 6. The van der Waals surface area contributed by atoms with Gasteiger partial charge >= 0.3 is 11.9 Å². The summed E-state index contributed by atoms with van der Waals surface area (Å²) >= 11 is 0. The number of fused-ring (bicyclic) bond motifs is 1. The van der Waals surface area contributed by atoms with Gasteiger partial charge in [-0.15, -0.1) is 0 Å². The molecule has 0 N–H and O–H groups in total. The summed E-state index contributed by atoms with van der Waals surface area (Å²) in [5.41, 5.74) is 1.08. The molecule has 1 aliphatic rings. The highest BCUT2D eigenvalue weighted by atomic mass is 28.3. The zero-order valence-corrected chi connectivity index (χ0v) is 20.1. The Bertz CT molecular complexity index is 724. The Kier molecular flexibility index (Phi) is 6.12. The molecule has 27 heavy (non-hydrogen) atoms. The minimum Gasteiger partial charge on any atom is -0.465 e. The van der Waals surface area contributed by atoms with Crippen molar-refractivity contribution in [2.24, 2.45) is 5.41 Å². The van der Waals surface area contributed by atoms with Crippen molar-refractivity contribution in [3.8, 4) is 0 Å². The minimum atomic E-state index is -1.68. The van der Waals surface area contributed by atoms with Crippen LogP contribution < -0.4 is 10.4 Å². The van der Waals surface area contributed by atoms with E-state index in [9.17, 15) is 9.59 Å². The maximum absolute atomic E-state index is 12.9. The molecule has 0 aliphatic heterocycles. The second-order valence-corrected chi connectivity index (χ2v) is 19.5. The van der Waals surface area contributed by atoms with Crippen molar-refractivity contribution in [1.29, 1.82) is 0 Å². The zero-order valence-electron chi connectivity index (χ0n) is 18.1. The van der Waals surface area contributed by atoms with Crippen LogP contribution in [0.2, 0.25) is 39.3 Å². The van der Waals surface area contributed by atoms with Crippen LogP contribution in [0.5, 0.6) is 0 Å². The van der Waals surface area contributed by atoms with Crippen molar-refractivity contribution in [3.05, 3.63) is 23.3 Å². The molecule has 0 radical (unpaired) electrons. The lowest BCUT2D eigenvalue weighted by Gasteiger charge is -2.31. The van der Waals surface area contributed by atoms with Crippen LogP contribution in [0.4, 0.5) is 0 Å². The third-order valence-electron chi connectivity index (χ3n) is 5.27. The molecule has 0 saturated carbocycles. The van der Waals surface area contributed by atoms with Gasteiger partial charge in [-0.25, -0.2) is 0 Å².